The number of sulfonamides is 1. The second-order valence-corrected chi connectivity index (χ2v) is 10.8. The summed E-state index contributed by atoms with van der Waals surface area (Å²) in [4.78, 5) is 22.2. The van der Waals surface area contributed by atoms with E-state index in [1.807, 2.05) is 12.2 Å². The zero-order valence-electron chi connectivity index (χ0n) is 18.7. The Hall–Kier alpha value is -3.11. The number of aromatic nitrogens is 3. The van der Waals surface area contributed by atoms with E-state index in [-0.39, 0.29) is 29.0 Å². The highest BCUT2D eigenvalue weighted by Crippen LogP contribution is 2.36. The summed E-state index contributed by atoms with van der Waals surface area (Å²) in [7, 11) is -3.16. The molecule has 0 unspecified atom stereocenters. The Kier molecular flexibility index (Phi) is 5.95. The van der Waals surface area contributed by atoms with Crippen molar-refractivity contribution in [1.82, 2.24) is 18.8 Å². The molecule has 0 N–H and O–H groups in total. The van der Waals surface area contributed by atoms with Gasteiger partial charge in [-0.3, -0.25) is 9.36 Å². The molecule has 3 aromatic rings. The standard InChI is InChI=1S/C24H25FN4O4S/c1-34(31,32)28-12-10-16(11-13-28)6-9-22-26-15-17-14-21(33-20-5-3-2-4-19(20)25)24(30)29(18-7-8-18)23(17)27-22/h2-6,9,14-16,18H,7-8,10-13H2,1H3/b9-6+. The molecule has 34 heavy (non-hydrogen) atoms. The smallest absolute Gasteiger partial charge is 0.295 e. The zero-order valence-corrected chi connectivity index (χ0v) is 19.5. The summed E-state index contributed by atoms with van der Waals surface area (Å²) in [5, 5.41) is 0.636. The normalized spacial score (nSPS) is 18.1. The number of pyridine rings is 1. The molecule has 0 bridgehead atoms. The number of ether oxygens (including phenoxy) is 1. The van der Waals surface area contributed by atoms with Gasteiger partial charge in [0.1, 0.15) is 5.65 Å². The minimum Gasteiger partial charge on any atom is -0.448 e. The largest absolute Gasteiger partial charge is 0.448 e. The number of hydrogen-bond donors (Lipinski definition) is 0. The summed E-state index contributed by atoms with van der Waals surface area (Å²) in [5.74, 6) is 0.200. The van der Waals surface area contributed by atoms with Crippen LogP contribution < -0.4 is 10.3 Å². The van der Waals surface area contributed by atoms with Crippen molar-refractivity contribution in [1.29, 1.82) is 0 Å². The van der Waals surface area contributed by atoms with E-state index < -0.39 is 15.8 Å². The van der Waals surface area contributed by atoms with Gasteiger partial charge in [-0.05, 0) is 55.9 Å². The molecular weight excluding hydrogens is 459 g/mol. The Labute approximate surface area is 196 Å². The number of benzene rings is 1. The second kappa shape index (κ2) is 8.92. The lowest BCUT2D eigenvalue weighted by Gasteiger charge is -2.28. The summed E-state index contributed by atoms with van der Waals surface area (Å²) in [6, 6.07) is 7.55. The fourth-order valence-electron chi connectivity index (χ4n) is 4.20. The molecular formula is C24H25FN4O4S. The van der Waals surface area contributed by atoms with Crippen LogP contribution in [-0.2, 0) is 10.0 Å². The molecule has 1 aliphatic carbocycles. The minimum atomic E-state index is -3.16. The molecule has 8 nitrogen and oxygen atoms in total. The number of rotatable bonds is 6. The predicted molar refractivity (Wildman–Crippen MR) is 127 cm³/mol. The molecule has 178 valence electrons. The lowest BCUT2D eigenvalue weighted by molar-refractivity contribution is 0.308. The van der Waals surface area contributed by atoms with E-state index >= 15 is 0 Å². The molecule has 0 atom stereocenters. The van der Waals surface area contributed by atoms with Gasteiger partial charge in [0.2, 0.25) is 10.0 Å². The Morgan fingerprint density at radius 2 is 1.85 bits per heavy atom. The Balaban J connectivity index is 1.42. The van der Waals surface area contributed by atoms with E-state index in [1.54, 1.807) is 29.0 Å². The summed E-state index contributed by atoms with van der Waals surface area (Å²) in [6.07, 6.45) is 9.92. The van der Waals surface area contributed by atoms with Crippen LogP contribution in [0.5, 0.6) is 11.5 Å². The van der Waals surface area contributed by atoms with Crippen molar-refractivity contribution in [3.05, 3.63) is 64.6 Å². The van der Waals surface area contributed by atoms with E-state index in [2.05, 4.69) is 9.97 Å². The third-order valence-corrected chi connectivity index (χ3v) is 7.52. The first-order valence-corrected chi connectivity index (χ1v) is 13.1. The van der Waals surface area contributed by atoms with Gasteiger partial charge < -0.3 is 4.74 Å². The lowest BCUT2D eigenvalue weighted by atomic mass is 9.98. The number of para-hydroxylation sites is 1. The van der Waals surface area contributed by atoms with Gasteiger partial charge in [0.15, 0.2) is 23.1 Å². The molecule has 0 spiro atoms. The van der Waals surface area contributed by atoms with Gasteiger partial charge in [-0.15, -0.1) is 0 Å². The minimum absolute atomic E-state index is 0.0105. The molecule has 1 saturated heterocycles. The van der Waals surface area contributed by atoms with Crippen molar-refractivity contribution in [2.45, 2.75) is 31.7 Å². The summed E-state index contributed by atoms with van der Waals surface area (Å²) in [5.41, 5.74) is 0.176. The highest BCUT2D eigenvalue weighted by atomic mass is 32.2. The molecule has 5 rings (SSSR count). The van der Waals surface area contributed by atoms with Crippen LogP contribution in [0.25, 0.3) is 17.1 Å². The predicted octanol–water partition coefficient (Wildman–Crippen LogP) is 3.74. The van der Waals surface area contributed by atoms with E-state index in [0.29, 0.717) is 29.9 Å². The Morgan fingerprint density at radius 3 is 2.53 bits per heavy atom. The molecule has 2 fully saturated rings. The van der Waals surface area contributed by atoms with Crippen LogP contribution in [0, 0.1) is 11.7 Å². The van der Waals surface area contributed by atoms with Crippen molar-refractivity contribution in [2.24, 2.45) is 5.92 Å². The van der Waals surface area contributed by atoms with Crippen LogP contribution in [0.2, 0.25) is 0 Å². The quantitative estimate of drug-likeness (QED) is 0.529. The molecule has 10 heteroatoms. The monoisotopic (exact) mass is 484 g/mol. The van der Waals surface area contributed by atoms with Crippen molar-refractivity contribution < 1.29 is 17.5 Å². The summed E-state index contributed by atoms with van der Waals surface area (Å²) < 4.78 is 46.2. The van der Waals surface area contributed by atoms with Crippen LogP contribution in [-0.4, -0.2) is 46.6 Å². The van der Waals surface area contributed by atoms with Crippen LogP contribution in [0.1, 0.15) is 37.5 Å². The zero-order chi connectivity index (χ0) is 23.9. The van der Waals surface area contributed by atoms with Crippen LogP contribution >= 0.6 is 0 Å². The second-order valence-electron chi connectivity index (χ2n) is 8.81. The number of hydrogen-bond acceptors (Lipinski definition) is 6. The first kappa shape index (κ1) is 22.7. The third-order valence-electron chi connectivity index (χ3n) is 6.21. The lowest BCUT2D eigenvalue weighted by Crippen LogP contribution is -2.37. The van der Waals surface area contributed by atoms with Crippen molar-refractivity contribution >= 4 is 27.1 Å². The maximum absolute atomic E-state index is 14.1. The van der Waals surface area contributed by atoms with Gasteiger partial charge in [0, 0.05) is 30.7 Å². The highest BCUT2D eigenvalue weighted by Gasteiger charge is 2.29. The van der Waals surface area contributed by atoms with Gasteiger partial charge in [-0.2, -0.15) is 0 Å². The molecule has 0 amide bonds. The molecule has 1 aromatic carbocycles. The van der Waals surface area contributed by atoms with Crippen molar-refractivity contribution in [3.8, 4) is 11.5 Å². The van der Waals surface area contributed by atoms with Crippen LogP contribution in [0.3, 0.4) is 0 Å². The number of fused-ring (bicyclic) bond motifs is 1. The Bertz CT molecular complexity index is 1420. The van der Waals surface area contributed by atoms with Gasteiger partial charge in [0.05, 0.1) is 6.26 Å². The van der Waals surface area contributed by atoms with Crippen molar-refractivity contribution in [3.63, 3.8) is 0 Å². The van der Waals surface area contributed by atoms with Gasteiger partial charge >= 0.3 is 0 Å². The fourth-order valence-corrected chi connectivity index (χ4v) is 5.07. The van der Waals surface area contributed by atoms with Crippen LogP contribution in [0.4, 0.5) is 4.39 Å². The Morgan fingerprint density at radius 1 is 1.12 bits per heavy atom. The van der Waals surface area contributed by atoms with Gasteiger partial charge in [-0.25, -0.2) is 27.1 Å². The number of halogens is 1. The maximum Gasteiger partial charge on any atom is 0.295 e. The van der Waals surface area contributed by atoms with E-state index in [1.165, 1.54) is 22.7 Å². The molecule has 0 radical (unpaired) electrons. The van der Waals surface area contributed by atoms with Gasteiger partial charge in [0.25, 0.3) is 5.56 Å². The van der Waals surface area contributed by atoms with Crippen LogP contribution in [0.15, 0.2) is 47.4 Å². The van der Waals surface area contributed by atoms with E-state index in [0.717, 1.165) is 25.7 Å². The van der Waals surface area contributed by atoms with E-state index in [4.69, 9.17) is 4.74 Å². The summed E-state index contributed by atoms with van der Waals surface area (Å²) >= 11 is 0. The average Bonchev–Trinajstić information content (AvgIpc) is 3.64. The SMILES string of the molecule is CS(=O)(=O)N1CCC(/C=C/c2ncc3cc(Oc4ccccc4F)c(=O)n(C4CC4)c3n2)CC1. The average molecular weight is 485 g/mol. The molecule has 2 aliphatic rings. The number of allylic oxidation sites excluding steroid dienone is 1. The molecule has 2 aromatic heterocycles. The first-order valence-electron chi connectivity index (χ1n) is 11.3. The summed E-state index contributed by atoms with van der Waals surface area (Å²) in [6.45, 7) is 0.997. The topological polar surface area (TPSA) is 94.4 Å². The molecule has 1 saturated carbocycles. The van der Waals surface area contributed by atoms with Gasteiger partial charge in [-0.1, -0.05) is 18.2 Å². The molecule has 1 aliphatic heterocycles. The molecule has 3 heterocycles. The van der Waals surface area contributed by atoms with Crippen molar-refractivity contribution in [2.75, 3.05) is 19.3 Å². The fraction of sp³-hybridized carbons (Fsp3) is 0.375. The first-order chi connectivity index (χ1) is 16.3. The van der Waals surface area contributed by atoms with E-state index in [9.17, 15) is 17.6 Å². The maximum atomic E-state index is 14.1. The third kappa shape index (κ3) is 4.74. The highest BCUT2D eigenvalue weighted by molar-refractivity contribution is 7.88. The number of nitrogens with zero attached hydrogens (tertiary/aromatic N) is 4. The number of piperidine rings is 1.